The van der Waals surface area contributed by atoms with E-state index in [9.17, 15) is 19.8 Å². The number of halogens is 1. The predicted molar refractivity (Wildman–Crippen MR) is 308 cm³/mol. The number of nitrogens with zero attached hydrogens (tertiary/aromatic N) is 9. The Labute approximate surface area is 473 Å². The van der Waals surface area contributed by atoms with E-state index in [0.29, 0.717) is 45.0 Å². The quantitative estimate of drug-likeness (QED) is 0.0483. The largest absolute Gasteiger partial charge is 0.486 e. The van der Waals surface area contributed by atoms with Crippen LogP contribution in [0.25, 0.3) is 54.6 Å². The van der Waals surface area contributed by atoms with Crippen LogP contribution < -0.4 is 25.0 Å². The number of aliphatic hydroxyl groups excluding tert-OH is 2. The molecule has 1 aliphatic carbocycles. The number of rotatable bonds is 20. The van der Waals surface area contributed by atoms with Crippen molar-refractivity contribution in [2.75, 3.05) is 45.3 Å². The third-order valence-corrected chi connectivity index (χ3v) is 17.1. The summed E-state index contributed by atoms with van der Waals surface area (Å²) in [6.07, 6.45) is 4.23. The molecule has 0 spiro atoms. The van der Waals surface area contributed by atoms with Crippen molar-refractivity contribution >= 4 is 50.8 Å². The number of H-pyrrole nitrogens is 1. The average molecular weight is 1120 g/mol. The van der Waals surface area contributed by atoms with Gasteiger partial charge < -0.3 is 44.9 Å². The molecule has 81 heavy (non-hydrogen) atoms. The molecule has 0 radical (unpaired) electrons. The summed E-state index contributed by atoms with van der Waals surface area (Å²) in [4.78, 5) is 48.0. The van der Waals surface area contributed by atoms with Crippen LogP contribution in [-0.4, -0.2) is 138 Å². The number of fused-ring (bicyclic) bond motifs is 2. The first kappa shape index (κ1) is 55.5. The van der Waals surface area contributed by atoms with Crippen LogP contribution in [0.3, 0.4) is 0 Å². The molecule has 0 unspecified atom stereocenters. The Morgan fingerprint density at radius 2 is 1.74 bits per heavy atom. The number of methoxy groups -OCH3 is 1. The van der Waals surface area contributed by atoms with Crippen LogP contribution in [0, 0.1) is 25.6 Å². The zero-order valence-corrected chi connectivity index (χ0v) is 47.6. The summed E-state index contributed by atoms with van der Waals surface area (Å²) in [6, 6.07) is 16.7. The minimum Gasteiger partial charge on any atom is -0.486 e. The summed E-state index contributed by atoms with van der Waals surface area (Å²) in [5.74, 6) is -0.124. The second-order valence-corrected chi connectivity index (χ2v) is 23.1. The number of likely N-dealkylation sites (tertiary alicyclic amines) is 1. The zero-order chi connectivity index (χ0) is 56.8. The monoisotopic (exact) mass is 1120 g/mol. The summed E-state index contributed by atoms with van der Waals surface area (Å²) >= 11 is 1.54. The number of benzene rings is 4. The minimum atomic E-state index is -0.993. The Kier molecular flexibility index (Phi) is 15.9. The van der Waals surface area contributed by atoms with Crippen molar-refractivity contribution in [1.82, 2.24) is 55.7 Å². The van der Waals surface area contributed by atoms with Gasteiger partial charge in [-0.2, -0.15) is 15.1 Å². The molecule has 4 aromatic carbocycles. The molecule has 2 amide bonds. The van der Waals surface area contributed by atoms with Crippen molar-refractivity contribution in [2.45, 2.75) is 122 Å². The number of hydrogen-bond donors (Lipinski definition) is 5. The smallest absolute Gasteiger partial charge is 0.319 e. The first-order valence-electron chi connectivity index (χ1n) is 27.8. The van der Waals surface area contributed by atoms with Crippen molar-refractivity contribution in [1.29, 1.82) is 0 Å². The van der Waals surface area contributed by atoms with Crippen molar-refractivity contribution in [3.05, 3.63) is 112 Å². The highest BCUT2D eigenvalue weighted by Gasteiger charge is 2.44. The number of aromatic nitrogens is 8. The van der Waals surface area contributed by atoms with Crippen molar-refractivity contribution in [3.8, 4) is 44.6 Å². The van der Waals surface area contributed by atoms with E-state index in [1.807, 2.05) is 76.2 Å². The molecule has 5 N–H and O–H groups in total. The lowest BCUT2D eigenvalue weighted by Crippen LogP contribution is -2.50. The zero-order valence-electron chi connectivity index (χ0n) is 46.8. The molecule has 4 aromatic heterocycles. The molecule has 0 bridgehead atoms. The molecule has 11 rings (SSSR count). The maximum atomic E-state index is 16.1. The number of carbonyl (C=O) groups excluding carboxylic acids is 2. The van der Waals surface area contributed by atoms with Crippen LogP contribution in [0.4, 0.5) is 10.2 Å². The number of nitrogens with one attached hydrogen (secondary N) is 3. The summed E-state index contributed by atoms with van der Waals surface area (Å²) in [5, 5.41) is 46.2. The number of aryl methyl sites for hydroxylation is 1. The number of hydrogen-bond acceptors (Lipinski definition) is 16. The normalized spacial score (nSPS) is 18.9. The first-order chi connectivity index (χ1) is 39.1. The van der Waals surface area contributed by atoms with Gasteiger partial charge in [-0.25, -0.2) is 14.1 Å². The maximum absolute atomic E-state index is 16.1. The number of anilines is 1. The molecule has 2 saturated heterocycles. The van der Waals surface area contributed by atoms with E-state index < -0.39 is 36.2 Å². The Morgan fingerprint density at radius 1 is 0.975 bits per heavy atom. The SMILES string of the molecule is CO[C@@H](C)COc1nc(N(C)[C@H]2CCNC2)c2cc(C3CC3)c(-c3c(C)c(F)cc4[nH]ncc34)c(OCc3ccc(-c4cn([C@H](C(=O)N5C[C@H](O)C[C@H]5C(=O)N[C@H](c5ccc(-c6scnc6C)cc5)[C@H](C)O)C(C)C)nn4)cc3)c2n1. The van der Waals surface area contributed by atoms with Gasteiger partial charge in [-0.1, -0.05) is 67.6 Å². The molecule has 2 aliphatic heterocycles. The molecular formula is C60H69FN12O7S. The fraction of sp³-hybridized carbons (Fsp3) is 0.433. The highest BCUT2D eigenvalue weighted by atomic mass is 32.1. The van der Waals surface area contributed by atoms with Gasteiger partial charge >= 0.3 is 6.01 Å². The van der Waals surface area contributed by atoms with Crippen LogP contribution in [-0.2, 0) is 20.9 Å². The molecule has 3 aliphatic rings. The highest BCUT2D eigenvalue weighted by Crippen LogP contribution is 2.53. The van der Waals surface area contributed by atoms with E-state index in [1.54, 1.807) is 50.2 Å². The van der Waals surface area contributed by atoms with Crippen LogP contribution in [0.5, 0.6) is 11.8 Å². The minimum absolute atomic E-state index is 0.0352. The number of β-amino-alcohol motifs (C(OH)–C–C–N with tert-alkyl or cyclic N) is 1. The predicted octanol–water partition coefficient (Wildman–Crippen LogP) is 8.38. The van der Waals surface area contributed by atoms with Crippen molar-refractivity contribution in [2.24, 2.45) is 5.92 Å². The van der Waals surface area contributed by atoms with E-state index >= 15 is 4.39 Å². The summed E-state index contributed by atoms with van der Waals surface area (Å²) in [5.41, 5.74) is 10.5. The molecule has 8 aromatic rings. The van der Waals surface area contributed by atoms with Gasteiger partial charge in [-0.05, 0) is 105 Å². The number of amides is 2. The number of ether oxygens (including phenoxy) is 3. The van der Waals surface area contributed by atoms with E-state index in [0.717, 1.165) is 81.5 Å². The third-order valence-electron chi connectivity index (χ3n) is 16.1. The van der Waals surface area contributed by atoms with Gasteiger partial charge in [0.15, 0.2) is 5.75 Å². The summed E-state index contributed by atoms with van der Waals surface area (Å²) < 4.78 is 36.5. The van der Waals surface area contributed by atoms with Gasteiger partial charge in [0.2, 0.25) is 11.8 Å². The lowest BCUT2D eigenvalue weighted by molar-refractivity contribution is -0.143. The second kappa shape index (κ2) is 23.2. The fourth-order valence-corrected chi connectivity index (χ4v) is 12.2. The van der Waals surface area contributed by atoms with Gasteiger partial charge in [-0.3, -0.25) is 14.7 Å². The van der Waals surface area contributed by atoms with Crippen LogP contribution in [0.15, 0.2) is 78.6 Å². The first-order valence-corrected chi connectivity index (χ1v) is 28.7. The molecule has 19 nitrogen and oxygen atoms in total. The average Bonchev–Trinajstić information content (AvgIpc) is 3.71. The summed E-state index contributed by atoms with van der Waals surface area (Å²) in [6.45, 7) is 13.0. The Hall–Kier alpha value is -7.43. The molecule has 424 valence electrons. The van der Waals surface area contributed by atoms with Gasteiger partial charge in [0.25, 0.3) is 0 Å². The number of thiazole rings is 1. The van der Waals surface area contributed by atoms with Gasteiger partial charge in [0.05, 0.1) is 58.3 Å². The Morgan fingerprint density at radius 3 is 2.42 bits per heavy atom. The Bertz CT molecular complexity index is 3580. The van der Waals surface area contributed by atoms with Crippen LogP contribution in [0.1, 0.15) is 99.3 Å². The van der Waals surface area contributed by atoms with Crippen LogP contribution in [0.2, 0.25) is 0 Å². The number of aliphatic hydroxyl groups is 2. The lowest BCUT2D eigenvalue weighted by atomic mass is 9.88. The standard InChI is InChI=1S/C60H69FN12O7S/c1-31(2)54(59(77)72-26-42(75)21-49(72)58(76)65-52(35(6)74)39-15-17-40(18-16-39)56-34(5)63-30-81-56)73-27-48(69-70-73)38-11-9-36(10-12-38)29-79-55-51(50-33(4)46(61)23-47-45(50)25-64-68-47)43(37-13-14-37)22-44-53(55)66-60(80-28-32(3)78-8)67-57(44)71(7)41-19-20-62-24-41/h9-12,15-18,22-23,25,27,30-32,35,37,41-42,49,52,54,62,74-75H,13-14,19-21,24,26,28-29H2,1-8H3,(H,64,68)(H,65,76)/t32-,35-,41-,42+,49-,52-,54-/m0/s1. The van der Waals surface area contributed by atoms with Crippen molar-refractivity contribution in [3.63, 3.8) is 0 Å². The molecule has 6 heterocycles. The second-order valence-electron chi connectivity index (χ2n) is 22.2. The number of aromatic amines is 1. The number of carbonyl (C=O) groups is 2. The van der Waals surface area contributed by atoms with Gasteiger partial charge in [-0.15, -0.1) is 16.4 Å². The van der Waals surface area contributed by atoms with E-state index in [4.69, 9.17) is 24.2 Å². The molecule has 21 heteroatoms. The number of likely N-dealkylation sites (N-methyl/N-ethyl adjacent to an activating group) is 1. The lowest BCUT2D eigenvalue weighted by Gasteiger charge is -2.31. The highest BCUT2D eigenvalue weighted by molar-refractivity contribution is 7.13. The van der Waals surface area contributed by atoms with Gasteiger partial charge in [0.1, 0.15) is 48.1 Å². The van der Waals surface area contributed by atoms with E-state index in [2.05, 4.69) is 54.1 Å². The molecule has 3 fully saturated rings. The molecular weight excluding hydrogens is 1050 g/mol. The third kappa shape index (κ3) is 11.2. The molecule has 7 atom stereocenters. The van der Waals surface area contributed by atoms with Crippen LogP contribution >= 0.6 is 11.3 Å². The summed E-state index contributed by atoms with van der Waals surface area (Å²) in [7, 11) is 3.68. The van der Waals surface area contributed by atoms with E-state index in [-0.39, 0.29) is 67.9 Å². The Balaban J connectivity index is 0.874. The fourth-order valence-electron chi connectivity index (χ4n) is 11.4. The molecule has 1 saturated carbocycles. The maximum Gasteiger partial charge on any atom is 0.319 e. The van der Waals surface area contributed by atoms with Crippen molar-refractivity contribution < 1.29 is 38.4 Å². The van der Waals surface area contributed by atoms with Gasteiger partial charge in [0, 0.05) is 67.2 Å². The topological polar surface area (TPSA) is 231 Å². The van der Waals surface area contributed by atoms with E-state index in [1.165, 1.54) is 15.6 Å².